The van der Waals surface area contributed by atoms with Gasteiger partial charge in [0, 0.05) is 10.7 Å². The lowest BCUT2D eigenvalue weighted by Gasteiger charge is -2.09. The van der Waals surface area contributed by atoms with Gasteiger partial charge < -0.3 is 9.72 Å². The molecular weight excluding hydrogens is 310 g/mol. The van der Waals surface area contributed by atoms with E-state index in [0.717, 1.165) is 0 Å². The number of H-pyrrole nitrogens is 1. The van der Waals surface area contributed by atoms with Gasteiger partial charge in [0.2, 0.25) is 5.75 Å². The molecule has 0 atom stereocenters. The van der Waals surface area contributed by atoms with Gasteiger partial charge in [-0.05, 0) is 6.07 Å². The van der Waals surface area contributed by atoms with Gasteiger partial charge in [-0.3, -0.25) is 4.79 Å². The monoisotopic (exact) mass is 311 g/mol. The Labute approximate surface area is 102 Å². The maximum Gasteiger partial charge on any atom is 0.573 e. The second-order valence-corrected chi connectivity index (χ2v) is 5.57. The van der Waals surface area contributed by atoms with Gasteiger partial charge in [-0.2, -0.15) is 0 Å². The Kier molecular flexibility index (Phi) is 3.65. The molecule has 11 heteroatoms. The largest absolute Gasteiger partial charge is 0.573 e. The first-order valence-corrected chi connectivity index (χ1v) is 6.32. The Morgan fingerprint density at radius 3 is 2.24 bits per heavy atom. The number of aromatic amines is 1. The van der Waals surface area contributed by atoms with Crippen LogP contribution in [0.15, 0.2) is 15.9 Å². The normalized spacial score (nSPS) is 12.5. The Morgan fingerprint density at radius 1 is 1.35 bits per heavy atom. The van der Waals surface area contributed by atoms with E-state index in [9.17, 15) is 26.4 Å². The fourth-order valence-corrected chi connectivity index (χ4v) is 1.86. The first-order valence-electron chi connectivity index (χ1n) is 3.64. The molecule has 0 aliphatic heterocycles. The number of pyridine rings is 1. The van der Waals surface area contributed by atoms with Crippen LogP contribution in [0.25, 0.3) is 0 Å². The van der Waals surface area contributed by atoms with E-state index in [2.05, 4.69) is 4.74 Å². The third-order valence-corrected chi connectivity index (χ3v) is 2.92. The standard InChI is InChI=1S/C6H2Cl2F3NO4S/c7-2-1-3(17(8,14)15)12-5(13)4(2)16-6(9,10)11/h1H,(H,12,13). The highest BCUT2D eigenvalue weighted by Gasteiger charge is 2.34. The van der Waals surface area contributed by atoms with Gasteiger partial charge in [-0.15, -0.1) is 13.2 Å². The van der Waals surface area contributed by atoms with Crippen molar-refractivity contribution >= 4 is 31.3 Å². The minimum Gasteiger partial charge on any atom is -0.398 e. The van der Waals surface area contributed by atoms with Crippen LogP contribution in [-0.4, -0.2) is 19.8 Å². The van der Waals surface area contributed by atoms with Crippen LogP contribution in [-0.2, 0) is 9.05 Å². The summed E-state index contributed by atoms with van der Waals surface area (Å²) in [6.07, 6.45) is -5.13. The van der Waals surface area contributed by atoms with Gasteiger partial charge in [0.15, 0.2) is 5.03 Å². The molecule has 0 saturated heterocycles. The zero-order valence-electron chi connectivity index (χ0n) is 7.51. The summed E-state index contributed by atoms with van der Waals surface area (Å²) in [5.74, 6) is -1.26. The molecule has 0 unspecified atom stereocenters. The van der Waals surface area contributed by atoms with Crippen molar-refractivity contribution in [2.24, 2.45) is 0 Å². The van der Waals surface area contributed by atoms with Crippen molar-refractivity contribution in [2.45, 2.75) is 11.4 Å². The first-order chi connectivity index (χ1) is 7.50. The molecule has 96 valence electrons. The minimum atomic E-state index is -5.13. The molecule has 5 nitrogen and oxygen atoms in total. The molecule has 0 aromatic carbocycles. The number of rotatable bonds is 2. The predicted molar refractivity (Wildman–Crippen MR) is 51.8 cm³/mol. The van der Waals surface area contributed by atoms with E-state index in [1.807, 2.05) is 0 Å². The zero-order chi connectivity index (χ0) is 13.4. The Bertz CT molecular complexity index is 594. The Balaban J connectivity index is 3.36. The summed E-state index contributed by atoms with van der Waals surface area (Å²) in [5, 5.41) is -1.66. The maximum absolute atomic E-state index is 11.9. The van der Waals surface area contributed by atoms with Gasteiger partial charge in [-0.1, -0.05) is 11.6 Å². The number of aromatic nitrogens is 1. The van der Waals surface area contributed by atoms with Crippen LogP contribution in [0.3, 0.4) is 0 Å². The molecule has 0 spiro atoms. The van der Waals surface area contributed by atoms with Crippen LogP contribution in [0.4, 0.5) is 13.2 Å². The average molecular weight is 312 g/mol. The number of hydrogen-bond donors (Lipinski definition) is 1. The van der Waals surface area contributed by atoms with Crippen molar-refractivity contribution in [3.8, 4) is 5.75 Å². The third kappa shape index (κ3) is 3.79. The van der Waals surface area contributed by atoms with Crippen LogP contribution in [0.2, 0.25) is 5.02 Å². The minimum absolute atomic E-state index is 0.534. The highest BCUT2D eigenvalue weighted by molar-refractivity contribution is 8.13. The van der Waals surface area contributed by atoms with Crippen LogP contribution < -0.4 is 10.3 Å². The van der Waals surface area contributed by atoms with Gasteiger partial charge in [0.25, 0.3) is 14.6 Å². The highest BCUT2D eigenvalue weighted by Crippen LogP contribution is 2.28. The molecule has 1 aromatic rings. The molecule has 0 fully saturated rings. The molecule has 0 aliphatic rings. The zero-order valence-corrected chi connectivity index (χ0v) is 9.84. The number of ether oxygens (including phenoxy) is 1. The van der Waals surface area contributed by atoms with E-state index < -0.39 is 36.8 Å². The van der Waals surface area contributed by atoms with Crippen molar-refractivity contribution in [2.75, 3.05) is 0 Å². The van der Waals surface area contributed by atoms with E-state index >= 15 is 0 Å². The average Bonchev–Trinajstić information content (AvgIpc) is 2.07. The SMILES string of the molecule is O=c1[nH]c(S(=O)(=O)Cl)cc(Cl)c1OC(F)(F)F. The van der Waals surface area contributed by atoms with Crippen LogP contribution in [0.1, 0.15) is 0 Å². The van der Waals surface area contributed by atoms with E-state index in [0.29, 0.717) is 6.07 Å². The fraction of sp³-hybridized carbons (Fsp3) is 0.167. The second kappa shape index (κ2) is 4.39. The number of halogens is 5. The van der Waals surface area contributed by atoms with E-state index in [-0.39, 0.29) is 0 Å². The molecule has 1 rings (SSSR count). The summed E-state index contributed by atoms with van der Waals surface area (Å²) in [4.78, 5) is 12.7. The van der Waals surface area contributed by atoms with Gasteiger partial charge >= 0.3 is 6.36 Å². The molecule has 0 bridgehead atoms. The molecular formula is C6H2Cl2F3NO4S. The summed E-state index contributed by atoms with van der Waals surface area (Å²) in [5.41, 5.74) is -1.46. The van der Waals surface area contributed by atoms with E-state index in [1.165, 1.54) is 0 Å². The summed E-state index contributed by atoms with van der Waals surface area (Å²) in [7, 11) is 0.555. The van der Waals surface area contributed by atoms with E-state index in [1.54, 1.807) is 4.98 Å². The lowest BCUT2D eigenvalue weighted by Crippen LogP contribution is -2.23. The molecule has 1 N–H and O–H groups in total. The van der Waals surface area contributed by atoms with Crippen molar-refractivity contribution in [3.63, 3.8) is 0 Å². The van der Waals surface area contributed by atoms with Crippen molar-refractivity contribution < 1.29 is 26.3 Å². The number of alkyl halides is 3. The van der Waals surface area contributed by atoms with Crippen molar-refractivity contribution in [1.82, 2.24) is 4.98 Å². The quantitative estimate of drug-likeness (QED) is 0.846. The summed E-state index contributed by atoms with van der Waals surface area (Å²) >= 11 is 5.28. The third-order valence-electron chi connectivity index (χ3n) is 1.40. The van der Waals surface area contributed by atoms with E-state index in [4.69, 9.17) is 22.3 Å². The van der Waals surface area contributed by atoms with Crippen LogP contribution in [0, 0.1) is 0 Å². The molecule has 1 heterocycles. The summed E-state index contributed by atoms with van der Waals surface area (Å²) in [6.45, 7) is 0. The molecule has 0 saturated carbocycles. The topological polar surface area (TPSA) is 76.2 Å². The van der Waals surface area contributed by atoms with Crippen LogP contribution >= 0.6 is 22.3 Å². The molecule has 1 aromatic heterocycles. The van der Waals surface area contributed by atoms with Crippen molar-refractivity contribution in [3.05, 3.63) is 21.4 Å². The first kappa shape index (κ1) is 14.1. The van der Waals surface area contributed by atoms with Gasteiger partial charge in [0.1, 0.15) is 0 Å². The fourth-order valence-electron chi connectivity index (χ4n) is 0.836. The summed E-state index contributed by atoms with van der Waals surface area (Å²) in [6, 6.07) is 0.534. The molecule has 0 amide bonds. The number of hydrogen-bond acceptors (Lipinski definition) is 4. The predicted octanol–water partition coefficient (Wildman–Crippen LogP) is 1.85. The van der Waals surface area contributed by atoms with Gasteiger partial charge in [-0.25, -0.2) is 8.42 Å². The smallest absolute Gasteiger partial charge is 0.398 e. The highest BCUT2D eigenvalue weighted by atomic mass is 35.7. The molecule has 17 heavy (non-hydrogen) atoms. The second-order valence-electron chi connectivity index (χ2n) is 2.63. The lowest BCUT2D eigenvalue weighted by molar-refractivity contribution is -0.275. The van der Waals surface area contributed by atoms with Gasteiger partial charge in [0.05, 0.1) is 5.02 Å². The summed E-state index contributed by atoms with van der Waals surface area (Å²) < 4.78 is 60.5. The van der Waals surface area contributed by atoms with Crippen molar-refractivity contribution in [1.29, 1.82) is 0 Å². The Hall–Kier alpha value is -0.930. The molecule has 0 radical (unpaired) electrons. The molecule has 0 aliphatic carbocycles. The Morgan fingerprint density at radius 2 is 1.88 bits per heavy atom. The maximum atomic E-state index is 11.9. The number of nitrogens with one attached hydrogen (secondary N) is 1. The lowest BCUT2D eigenvalue weighted by atomic mass is 10.4. The van der Waals surface area contributed by atoms with Crippen LogP contribution in [0.5, 0.6) is 5.75 Å².